The van der Waals surface area contributed by atoms with Gasteiger partial charge in [0.25, 0.3) is 0 Å². The first-order valence-corrected chi connectivity index (χ1v) is 8.26. The number of rotatable bonds is 2. The molecule has 3 nitrogen and oxygen atoms in total. The Bertz CT molecular complexity index is 640. The van der Waals surface area contributed by atoms with E-state index in [1.807, 2.05) is 36.4 Å². The van der Waals surface area contributed by atoms with E-state index in [-0.39, 0.29) is 18.0 Å². The van der Waals surface area contributed by atoms with E-state index in [0.717, 1.165) is 20.1 Å². The molecule has 2 aromatic rings. The van der Waals surface area contributed by atoms with Crippen LogP contribution in [0.25, 0.3) is 0 Å². The highest BCUT2D eigenvalue weighted by Gasteiger charge is 2.30. The van der Waals surface area contributed by atoms with Crippen LogP contribution >= 0.6 is 31.9 Å². The Labute approximate surface area is 140 Å². The monoisotopic (exact) mass is 408 g/mol. The van der Waals surface area contributed by atoms with Gasteiger partial charge in [0.05, 0.1) is 18.6 Å². The van der Waals surface area contributed by atoms with Gasteiger partial charge in [-0.3, -0.25) is 10.1 Å². The van der Waals surface area contributed by atoms with Crippen molar-refractivity contribution in [2.45, 2.75) is 12.1 Å². The van der Waals surface area contributed by atoms with Crippen LogP contribution in [-0.2, 0) is 4.79 Å². The van der Waals surface area contributed by atoms with Crippen LogP contribution < -0.4 is 10.6 Å². The van der Waals surface area contributed by atoms with E-state index in [0.29, 0.717) is 6.54 Å². The average Bonchev–Trinajstić information content (AvgIpc) is 2.49. The van der Waals surface area contributed by atoms with Crippen LogP contribution in [0.15, 0.2) is 57.5 Å². The zero-order valence-corrected chi connectivity index (χ0v) is 14.3. The van der Waals surface area contributed by atoms with Gasteiger partial charge in [-0.15, -0.1) is 0 Å². The molecule has 0 bridgehead atoms. The fourth-order valence-electron chi connectivity index (χ4n) is 2.55. The SMILES string of the molecule is O=C1CN[C@@H](c2ccc(Br)cc2)[C@@H](c2ccc(Br)cc2)N1. The van der Waals surface area contributed by atoms with Crippen molar-refractivity contribution in [3.8, 4) is 0 Å². The van der Waals surface area contributed by atoms with Gasteiger partial charge in [0.15, 0.2) is 0 Å². The molecule has 1 aliphatic heterocycles. The van der Waals surface area contributed by atoms with Crippen LogP contribution in [0.3, 0.4) is 0 Å². The van der Waals surface area contributed by atoms with Crippen molar-refractivity contribution in [1.82, 2.24) is 10.6 Å². The van der Waals surface area contributed by atoms with E-state index in [1.165, 1.54) is 0 Å². The van der Waals surface area contributed by atoms with Crippen LogP contribution in [0.5, 0.6) is 0 Å². The first kappa shape index (κ1) is 14.8. The van der Waals surface area contributed by atoms with E-state index in [4.69, 9.17) is 0 Å². The standard InChI is InChI=1S/C16H14Br2N2O/c17-12-5-1-10(2-6-12)15-16(20-14(21)9-19-15)11-3-7-13(18)8-4-11/h1-8,15-16,19H,9H2,(H,20,21)/t15-,16+/m0/s1. The van der Waals surface area contributed by atoms with Gasteiger partial charge in [0.2, 0.25) is 5.91 Å². The molecule has 0 unspecified atom stereocenters. The first-order valence-electron chi connectivity index (χ1n) is 6.67. The average molecular weight is 410 g/mol. The van der Waals surface area contributed by atoms with Gasteiger partial charge in [-0.2, -0.15) is 0 Å². The fourth-order valence-corrected chi connectivity index (χ4v) is 3.08. The van der Waals surface area contributed by atoms with Crippen molar-refractivity contribution >= 4 is 37.8 Å². The summed E-state index contributed by atoms with van der Waals surface area (Å²) in [5, 5.41) is 6.42. The van der Waals surface area contributed by atoms with E-state index in [1.54, 1.807) is 0 Å². The van der Waals surface area contributed by atoms with Crippen LogP contribution in [0.1, 0.15) is 23.2 Å². The largest absolute Gasteiger partial charge is 0.346 e. The number of halogens is 2. The third-order valence-corrected chi connectivity index (χ3v) is 4.65. The van der Waals surface area contributed by atoms with Crippen LogP contribution in [-0.4, -0.2) is 12.5 Å². The fraction of sp³-hybridized carbons (Fsp3) is 0.188. The molecule has 3 rings (SSSR count). The Morgan fingerprint density at radius 1 is 0.810 bits per heavy atom. The van der Waals surface area contributed by atoms with Crippen molar-refractivity contribution < 1.29 is 4.79 Å². The molecule has 1 amide bonds. The summed E-state index contributed by atoms with van der Waals surface area (Å²) in [6, 6.07) is 16.2. The lowest BCUT2D eigenvalue weighted by Gasteiger charge is -2.34. The summed E-state index contributed by atoms with van der Waals surface area (Å²) in [6.07, 6.45) is 0. The zero-order chi connectivity index (χ0) is 14.8. The number of carbonyl (C=O) groups excluding carboxylic acids is 1. The normalized spacial score (nSPS) is 21.9. The molecule has 108 valence electrons. The summed E-state index contributed by atoms with van der Waals surface area (Å²) in [4.78, 5) is 11.8. The molecule has 1 aliphatic rings. The van der Waals surface area contributed by atoms with Gasteiger partial charge in [0, 0.05) is 8.95 Å². The van der Waals surface area contributed by atoms with Crippen molar-refractivity contribution in [1.29, 1.82) is 0 Å². The van der Waals surface area contributed by atoms with Crippen molar-refractivity contribution in [3.63, 3.8) is 0 Å². The summed E-state index contributed by atoms with van der Waals surface area (Å²) in [5.74, 6) is 0.0243. The molecule has 1 heterocycles. The van der Waals surface area contributed by atoms with Gasteiger partial charge >= 0.3 is 0 Å². The predicted octanol–water partition coefficient (Wildman–Crippen LogP) is 3.71. The smallest absolute Gasteiger partial charge is 0.234 e. The Morgan fingerprint density at radius 3 is 1.81 bits per heavy atom. The second-order valence-corrected chi connectivity index (χ2v) is 6.84. The second kappa shape index (κ2) is 6.30. The number of hydrogen-bond acceptors (Lipinski definition) is 2. The van der Waals surface area contributed by atoms with Crippen LogP contribution in [0, 0.1) is 0 Å². The summed E-state index contributed by atoms with van der Waals surface area (Å²) in [5.41, 5.74) is 2.25. The molecule has 0 radical (unpaired) electrons. The van der Waals surface area contributed by atoms with Gasteiger partial charge in [0.1, 0.15) is 0 Å². The maximum Gasteiger partial charge on any atom is 0.234 e. The van der Waals surface area contributed by atoms with Gasteiger partial charge in [-0.05, 0) is 35.4 Å². The lowest BCUT2D eigenvalue weighted by Crippen LogP contribution is -2.49. The maximum atomic E-state index is 11.8. The van der Waals surface area contributed by atoms with E-state index >= 15 is 0 Å². The van der Waals surface area contributed by atoms with E-state index < -0.39 is 0 Å². The first-order chi connectivity index (χ1) is 10.1. The zero-order valence-electron chi connectivity index (χ0n) is 11.1. The number of piperazine rings is 1. The third kappa shape index (κ3) is 3.36. The molecule has 0 spiro atoms. The van der Waals surface area contributed by atoms with Crippen LogP contribution in [0.4, 0.5) is 0 Å². The Kier molecular flexibility index (Phi) is 4.42. The van der Waals surface area contributed by atoms with Gasteiger partial charge in [-0.1, -0.05) is 56.1 Å². The Morgan fingerprint density at radius 2 is 1.29 bits per heavy atom. The molecule has 0 aromatic heterocycles. The van der Waals surface area contributed by atoms with E-state index in [2.05, 4.69) is 54.6 Å². The summed E-state index contributed by atoms with van der Waals surface area (Å²) >= 11 is 6.89. The Hall–Kier alpha value is -1.17. The minimum absolute atomic E-state index is 0.0243. The molecule has 0 saturated carbocycles. The summed E-state index contributed by atoms with van der Waals surface area (Å²) in [7, 11) is 0. The Balaban J connectivity index is 1.94. The molecular weight excluding hydrogens is 396 g/mol. The predicted molar refractivity (Wildman–Crippen MR) is 89.9 cm³/mol. The molecule has 1 saturated heterocycles. The quantitative estimate of drug-likeness (QED) is 0.793. The summed E-state index contributed by atoms with van der Waals surface area (Å²) < 4.78 is 2.08. The van der Waals surface area contributed by atoms with Crippen molar-refractivity contribution in [2.24, 2.45) is 0 Å². The number of nitrogens with one attached hydrogen (secondary N) is 2. The second-order valence-electron chi connectivity index (χ2n) is 5.01. The topological polar surface area (TPSA) is 41.1 Å². The van der Waals surface area contributed by atoms with Crippen molar-refractivity contribution in [3.05, 3.63) is 68.6 Å². The maximum absolute atomic E-state index is 11.8. The minimum atomic E-state index is -0.0690. The molecule has 21 heavy (non-hydrogen) atoms. The molecule has 0 aliphatic carbocycles. The summed E-state index contributed by atoms with van der Waals surface area (Å²) in [6.45, 7) is 0.341. The number of carbonyl (C=O) groups is 1. The van der Waals surface area contributed by atoms with E-state index in [9.17, 15) is 4.79 Å². The highest BCUT2D eigenvalue weighted by molar-refractivity contribution is 9.10. The number of hydrogen-bond donors (Lipinski definition) is 2. The molecular formula is C16H14Br2N2O. The lowest BCUT2D eigenvalue weighted by molar-refractivity contribution is -0.123. The highest BCUT2D eigenvalue weighted by Crippen LogP contribution is 2.32. The third-order valence-electron chi connectivity index (χ3n) is 3.59. The molecule has 5 heteroatoms. The van der Waals surface area contributed by atoms with Gasteiger partial charge in [-0.25, -0.2) is 0 Å². The molecule has 1 fully saturated rings. The number of benzene rings is 2. The molecule has 2 N–H and O–H groups in total. The molecule has 2 atom stereocenters. The van der Waals surface area contributed by atoms with Crippen molar-refractivity contribution in [2.75, 3.05) is 6.54 Å². The minimum Gasteiger partial charge on any atom is -0.346 e. The number of amides is 1. The van der Waals surface area contributed by atoms with Gasteiger partial charge < -0.3 is 5.32 Å². The van der Waals surface area contributed by atoms with Crippen LogP contribution in [0.2, 0.25) is 0 Å². The molecule has 2 aromatic carbocycles. The lowest BCUT2D eigenvalue weighted by atomic mass is 9.92. The highest BCUT2D eigenvalue weighted by atomic mass is 79.9.